The molecule has 0 saturated carbocycles. The minimum absolute atomic E-state index is 0.138. The molecule has 0 N–H and O–H groups in total. The standard InChI is InChI=1S/C26H29NO5/c1-4-7-14-27-23(17-12-13-20(31-15-5-2)21(16-17)30-6-3)22-24(28)18-10-8-9-11-19(18)32-25(22)26(27)29/h8-13,16,23H,4-7,14-15H2,1-3H3/t23-/m0/s1. The Balaban J connectivity index is 1.88. The van der Waals surface area contributed by atoms with E-state index in [-0.39, 0.29) is 17.1 Å². The molecular formula is C26H29NO5. The highest BCUT2D eigenvalue weighted by molar-refractivity contribution is 5.99. The Morgan fingerprint density at radius 2 is 1.78 bits per heavy atom. The summed E-state index contributed by atoms with van der Waals surface area (Å²) < 4.78 is 17.6. The summed E-state index contributed by atoms with van der Waals surface area (Å²) in [4.78, 5) is 28.6. The van der Waals surface area contributed by atoms with E-state index >= 15 is 0 Å². The smallest absolute Gasteiger partial charge is 0.290 e. The van der Waals surface area contributed by atoms with Gasteiger partial charge < -0.3 is 18.8 Å². The molecule has 0 bridgehead atoms. The molecule has 0 spiro atoms. The van der Waals surface area contributed by atoms with Crippen molar-refractivity contribution in [2.75, 3.05) is 19.8 Å². The second-order valence-corrected chi connectivity index (χ2v) is 7.91. The van der Waals surface area contributed by atoms with Gasteiger partial charge in [-0.1, -0.05) is 38.5 Å². The number of benzene rings is 2. The summed E-state index contributed by atoms with van der Waals surface area (Å²) in [6.45, 7) is 7.65. The van der Waals surface area contributed by atoms with Gasteiger partial charge in [0.1, 0.15) is 5.58 Å². The molecule has 2 heterocycles. The highest BCUT2D eigenvalue weighted by Gasteiger charge is 2.42. The fourth-order valence-electron chi connectivity index (χ4n) is 4.17. The first kappa shape index (κ1) is 21.9. The molecular weight excluding hydrogens is 406 g/mol. The minimum atomic E-state index is -0.524. The van der Waals surface area contributed by atoms with Gasteiger partial charge in [0.2, 0.25) is 5.76 Å². The summed E-state index contributed by atoms with van der Waals surface area (Å²) in [5, 5.41) is 0.481. The number of amides is 1. The van der Waals surface area contributed by atoms with Crippen LogP contribution in [0.1, 0.15) is 67.8 Å². The van der Waals surface area contributed by atoms with Crippen LogP contribution >= 0.6 is 0 Å². The number of fused-ring (bicyclic) bond motifs is 2. The molecule has 2 aromatic carbocycles. The van der Waals surface area contributed by atoms with Gasteiger partial charge in [-0.3, -0.25) is 9.59 Å². The van der Waals surface area contributed by atoms with Crippen LogP contribution in [0.25, 0.3) is 11.0 Å². The lowest BCUT2D eigenvalue weighted by atomic mass is 9.98. The average molecular weight is 436 g/mol. The second-order valence-electron chi connectivity index (χ2n) is 7.91. The zero-order valence-electron chi connectivity index (χ0n) is 18.8. The molecule has 6 nitrogen and oxygen atoms in total. The van der Waals surface area contributed by atoms with E-state index in [1.807, 2.05) is 32.0 Å². The molecule has 168 valence electrons. The summed E-state index contributed by atoms with van der Waals surface area (Å²) in [6, 6.07) is 12.2. The molecule has 1 aliphatic heterocycles. The summed E-state index contributed by atoms with van der Waals surface area (Å²) >= 11 is 0. The van der Waals surface area contributed by atoms with Crippen LogP contribution in [0.3, 0.4) is 0 Å². The van der Waals surface area contributed by atoms with Crippen LogP contribution in [0.4, 0.5) is 0 Å². The number of nitrogens with zero attached hydrogens (tertiary/aromatic N) is 1. The first-order valence-corrected chi connectivity index (χ1v) is 11.4. The number of carbonyl (C=O) groups excluding carboxylic acids is 1. The van der Waals surface area contributed by atoms with Gasteiger partial charge in [0.15, 0.2) is 16.9 Å². The zero-order valence-corrected chi connectivity index (χ0v) is 18.8. The van der Waals surface area contributed by atoms with Crippen molar-refractivity contribution in [1.29, 1.82) is 0 Å². The van der Waals surface area contributed by atoms with E-state index in [1.54, 1.807) is 29.2 Å². The van der Waals surface area contributed by atoms with Gasteiger partial charge >= 0.3 is 0 Å². The van der Waals surface area contributed by atoms with E-state index in [4.69, 9.17) is 13.9 Å². The Kier molecular flexibility index (Phi) is 6.49. The van der Waals surface area contributed by atoms with Gasteiger partial charge in [0, 0.05) is 6.54 Å². The molecule has 0 fully saturated rings. The molecule has 3 aromatic rings. The van der Waals surface area contributed by atoms with Crippen molar-refractivity contribution in [3.05, 3.63) is 69.6 Å². The van der Waals surface area contributed by atoms with Crippen molar-refractivity contribution >= 4 is 16.9 Å². The van der Waals surface area contributed by atoms with Crippen molar-refractivity contribution in [3.8, 4) is 11.5 Å². The Labute approximate surface area is 187 Å². The SMILES string of the molecule is CCCCN1C(=O)c2oc3ccccc3c(=O)c2[C@@H]1c1ccc(OCCC)c(OCC)c1. The fraction of sp³-hybridized carbons (Fsp3) is 0.385. The van der Waals surface area contributed by atoms with Crippen LogP contribution in [0.2, 0.25) is 0 Å². The summed E-state index contributed by atoms with van der Waals surface area (Å²) in [5.41, 5.74) is 1.47. The maximum Gasteiger partial charge on any atom is 0.290 e. The molecule has 1 aliphatic rings. The quantitative estimate of drug-likeness (QED) is 0.455. The molecule has 4 rings (SSSR count). The monoisotopic (exact) mass is 435 g/mol. The molecule has 0 unspecified atom stereocenters. The van der Waals surface area contributed by atoms with Crippen LogP contribution < -0.4 is 14.9 Å². The van der Waals surface area contributed by atoms with E-state index in [0.717, 1.165) is 24.8 Å². The second kappa shape index (κ2) is 9.47. The number of ether oxygens (including phenoxy) is 2. The number of hydrogen-bond donors (Lipinski definition) is 0. The van der Waals surface area contributed by atoms with Gasteiger partial charge in [0.25, 0.3) is 5.91 Å². The Hall–Kier alpha value is -3.28. The minimum Gasteiger partial charge on any atom is -0.490 e. The molecule has 1 amide bonds. The van der Waals surface area contributed by atoms with Gasteiger partial charge in [-0.05, 0) is 49.6 Å². The van der Waals surface area contributed by atoms with Crippen molar-refractivity contribution in [2.24, 2.45) is 0 Å². The predicted octanol–water partition coefficient (Wildman–Crippen LogP) is 5.33. The maximum atomic E-state index is 13.5. The van der Waals surface area contributed by atoms with Crippen molar-refractivity contribution < 1.29 is 18.7 Å². The maximum absolute atomic E-state index is 13.5. The normalized spacial score (nSPS) is 15.3. The summed E-state index contributed by atoms with van der Waals surface area (Å²) in [7, 11) is 0. The summed E-state index contributed by atoms with van der Waals surface area (Å²) in [5.74, 6) is 1.16. The number of unbranched alkanes of at least 4 members (excludes halogenated alkanes) is 1. The van der Waals surface area contributed by atoms with E-state index < -0.39 is 6.04 Å². The highest BCUT2D eigenvalue weighted by atomic mass is 16.5. The molecule has 0 aliphatic carbocycles. The topological polar surface area (TPSA) is 69.0 Å². The Bertz CT molecular complexity index is 1180. The highest BCUT2D eigenvalue weighted by Crippen LogP contribution is 2.41. The number of para-hydroxylation sites is 1. The van der Waals surface area contributed by atoms with Crippen LogP contribution in [-0.2, 0) is 0 Å². The number of rotatable bonds is 9. The van der Waals surface area contributed by atoms with Crippen LogP contribution in [-0.4, -0.2) is 30.6 Å². The summed E-state index contributed by atoms with van der Waals surface area (Å²) in [6.07, 6.45) is 2.65. The van der Waals surface area contributed by atoms with Crippen LogP contribution in [0.5, 0.6) is 11.5 Å². The molecule has 0 saturated heterocycles. The van der Waals surface area contributed by atoms with Crippen LogP contribution in [0.15, 0.2) is 51.7 Å². The third-order valence-corrected chi connectivity index (χ3v) is 5.67. The first-order chi connectivity index (χ1) is 15.6. The molecule has 6 heteroatoms. The lowest BCUT2D eigenvalue weighted by Gasteiger charge is -2.25. The third-order valence-electron chi connectivity index (χ3n) is 5.67. The predicted molar refractivity (Wildman–Crippen MR) is 124 cm³/mol. The average Bonchev–Trinajstić information content (AvgIpc) is 3.09. The lowest BCUT2D eigenvalue weighted by Crippen LogP contribution is -2.30. The first-order valence-electron chi connectivity index (χ1n) is 11.4. The van der Waals surface area contributed by atoms with Crippen molar-refractivity contribution in [1.82, 2.24) is 4.90 Å². The largest absolute Gasteiger partial charge is 0.490 e. The van der Waals surface area contributed by atoms with Gasteiger partial charge in [-0.15, -0.1) is 0 Å². The van der Waals surface area contributed by atoms with E-state index in [1.165, 1.54) is 0 Å². The van der Waals surface area contributed by atoms with E-state index in [2.05, 4.69) is 6.92 Å². The van der Waals surface area contributed by atoms with E-state index in [9.17, 15) is 9.59 Å². The molecule has 0 radical (unpaired) electrons. The zero-order chi connectivity index (χ0) is 22.7. The third kappa shape index (κ3) is 3.85. The van der Waals surface area contributed by atoms with Crippen molar-refractivity contribution in [2.45, 2.75) is 46.1 Å². The Morgan fingerprint density at radius 1 is 0.969 bits per heavy atom. The van der Waals surface area contributed by atoms with Gasteiger partial charge in [0.05, 0.1) is 30.2 Å². The number of hydrogen-bond acceptors (Lipinski definition) is 5. The lowest BCUT2D eigenvalue weighted by molar-refractivity contribution is 0.0725. The van der Waals surface area contributed by atoms with Crippen molar-refractivity contribution in [3.63, 3.8) is 0 Å². The van der Waals surface area contributed by atoms with E-state index in [0.29, 0.717) is 47.8 Å². The van der Waals surface area contributed by atoms with Crippen LogP contribution in [0, 0.1) is 0 Å². The Morgan fingerprint density at radius 3 is 2.53 bits per heavy atom. The fourth-order valence-corrected chi connectivity index (χ4v) is 4.17. The number of carbonyl (C=O) groups is 1. The molecule has 32 heavy (non-hydrogen) atoms. The molecule has 1 atom stereocenters. The van der Waals surface area contributed by atoms with Gasteiger partial charge in [-0.2, -0.15) is 0 Å². The molecule has 1 aromatic heterocycles. The van der Waals surface area contributed by atoms with Gasteiger partial charge in [-0.25, -0.2) is 0 Å².